The smallest absolute Gasteiger partial charge is 0.265 e. The molecule has 0 aliphatic rings. The van der Waals surface area contributed by atoms with Gasteiger partial charge in [0.2, 0.25) is 0 Å². The third kappa shape index (κ3) is 4.05. The summed E-state index contributed by atoms with van der Waals surface area (Å²) in [5.41, 5.74) is 1.63. The Kier molecular flexibility index (Phi) is 5.11. The number of rotatable bonds is 5. The summed E-state index contributed by atoms with van der Waals surface area (Å²) in [6.45, 7) is 0. The minimum Gasteiger partial charge on any atom is -0.496 e. The number of ether oxygens (including phenoxy) is 1. The van der Waals surface area contributed by atoms with Crippen LogP contribution in [0.1, 0.15) is 20.0 Å². The van der Waals surface area contributed by atoms with Crippen LogP contribution in [0.2, 0.25) is 0 Å². The van der Waals surface area contributed by atoms with Crippen LogP contribution in [0.5, 0.6) is 5.75 Å². The van der Waals surface area contributed by atoms with Gasteiger partial charge in [-0.3, -0.25) is 9.59 Å². The van der Waals surface area contributed by atoms with Crippen molar-refractivity contribution in [3.05, 3.63) is 76.5 Å². The first-order chi connectivity index (χ1) is 12.2. The van der Waals surface area contributed by atoms with Crippen LogP contribution in [0, 0.1) is 0 Å². The van der Waals surface area contributed by atoms with Gasteiger partial charge in [0.15, 0.2) is 0 Å². The summed E-state index contributed by atoms with van der Waals surface area (Å²) in [4.78, 5) is 25.2. The number of methoxy groups -OCH3 is 1. The molecule has 25 heavy (non-hydrogen) atoms. The first kappa shape index (κ1) is 16.7. The van der Waals surface area contributed by atoms with Crippen molar-refractivity contribution >= 4 is 34.5 Å². The molecule has 126 valence electrons. The molecule has 5 nitrogen and oxygen atoms in total. The quantitative estimate of drug-likeness (QED) is 0.721. The minimum atomic E-state index is -0.279. The Bertz CT molecular complexity index is 891. The maximum absolute atomic E-state index is 12.4. The third-order valence-electron chi connectivity index (χ3n) is 3.47. The highest BCUT2D eigenvalue weighted by Gasteiger charge is 2.12. The average molecular weight is 352 g/mol. The fourth-order valence-corrected chi connectivity index (χ4v) is 2.92. The van der Waals surface area contributed by atoms with Crippen LogP contribution >= 0.6 is 11.3 Å². The standard InChI is InChI=1S/C19H16N2O3S/c1-24-16-9-3-2-8-15(16)18(22)20-13-6-4-7-14(12-13)21-19(23)17-10-5-11-25-17/h2-12H,1H3,(H,20,22)(H,21,23). The van der Waals surface area contributed by atoms with Gasteiger partial charge in [0.25, 0.3) is 11.8 Å². The van der Waals surface area contributed by atoms with Crippen molar-refractivity contribution in [1.29, 1.82) is 0 Å². The lowest BCUT2D eigenvalue weighted by Gasteiger charge is -2.10. The molecule has 2 amide bonds. The highest BCUT2D eigenvalue weighted by Crippen LogP contribution is 2.21. The van der Waals surface area contributed by atoms with Crippen molar-refractivity contribution in [3.8, 4) is 5.75 Å². The van der Waals surface area contributed by atoms with Gasteiger partial charge in [-0.05, 0) is 41.8 Å². The first-order valence-electron chi connectivity index (χ1n) is 7.56. The molecule has 2 N–H and O–H groups in total. The molecule has 0 aliphatic heterocycles. The van der Waals surface area contributed by atoms with Crippen LogP contribution in [0.15, 0.2) is 66.0 Å². The number of carbonyl (C=O) groups is 2. The van der Waals surface area contributed by atoms with Crippen molar-refractivity contribution in [2.75, 3.05) is 17.7 Å². The maximum Gasteiger partial charge on any atom is 0.265 e. The Morgan fingerprint density at radius 1 is 0.880 bits per heavy atom. The van der Waals surface area contributed by atoms with Gasteiger partial charge in [-0.2, -0.15) is 0 Å². The summed E-state index contributed by atoms with van der Waals surface area (Å²) in [5, 5.41) is 7.48. The number of para-hydroxylation sites is 1. The monoisotopic (exact) mass is 352 g/mol. The average Bonchev–Trinajstić information content (AvgIpc) is 3.17. The van der Waals surface area contributed by atoms with Gasteiger partial charge in [-0.15, -0.1) is 11.3 Å². The van der Waals surface area contributed by atoms with E-state index in [9.17, 15) is 9.59 Å². The zero-order valence-electron chi connectivity index (χ0n) is 13.5. The van der Waals surface area contributed by atoms with E-state index in [1.807, 2.05) is 11.4 Å². The van der Waals surface area contributed by atoms with Crippen molar-refractivity contribution in [1.82, 2.24) is 0 Å². The molecule has 1 heterocycles. The van der Waals surface area contributed by atoms with Crippen molar-refractivity contribution in [3.63, 3.8) is 0 Å². The second-order valence-corrected chi connectivity index (χ2v) is 6.11. The second kappa shape index (κ2) is 7.63. The van der Waals surface area contributed by atoms with Gasteiger partial charge in [0.05, 0.1) is 17.6 Å². The largest absolute Gasteiger partial charge is 0.496 e. The molecule has 0 atom stereocenters. The molecule has 0 fully saturated rings. The van der Waals surface area contributed by atoms with Crippen LogP contribution in [0.25, 0.3) is 0 Å². The Morgan fingerprint density at radius 3 is 2.28 bits per heavy atom. The van der Waals surface area contributed by atoms with Crippen molar-refractivity contribution in [2.45, 2.75) is 0 Å². The summed E-state index contributed by atoms with van der Waals surface area (Å²) in [6, 6.07) is 17.6. The molecule has 2 aromatic carbocycles. The molecule has 3 aromatic rings. The zero-order valence-corrected chi connectivity index (χ0v) is 14.3. The van der Waals surface area contributed by atoms with Crippen LogP contribution in [0.4, 0.5) is 11.4 Å². The van der Waals surface area contributed by atoms with E-state index in [2.05, 4.69) is 10.6 Å². The van der Waals surface area contributed by atoms with Crippen molar-refractivity contribution in [2.24, 2.45) is 0 Å². The van der Waals surface area contributed by atoms with Gasteiger partial charge < -0.3 is 15.4 Å². The Balaban J connectivity index is 1.73. The third-order valence-corrected chi connectivity index (χ3v) is 4.34. The number of hydrogen-bond donors (Lipinski definition) is 2. The van der Waals surface area contributed by atoms with E-state index in [1.165, 1.54) is 18.4 Å². The molecule has 1 aromatic heterocycles. The molecular formula is C19H16N2O3S. The van der Waals surface area contributed by atoms with Crippen LogP contribution in [-0.2, 0) is 0 Å². The van der Waals surface area contributed by atoms with Gasteiger partial charge >= 0.3 is 0 Å². The molecule has 6 heteroatoms. The predicted molar refractivity (Wildman–Crippen MR) is 99.7 cm³/mol. The number of hydrogen-bond acceptors (Lipinski definition) is 4. The van der Waals surface area contributed by atoms with Crippen LogP contribution in [0.3, 0.4) is 0 Å². The molecule has 0 spiro atoms. The van der Waals surface area contributed by atoms with Gasteiger partial charge in [0, 0.05) is 11.4 Å². The number of nitrogens with one attached hydrogen (secondary N) is 2. The fourth-order valence-electron chi connectivity index (χ4n) is 2.31. The van der Waals surface area contributed by atoms with E-state index in [0.29, 0.717) is 27.6 Å². The van der Waals surface area contributed by atoms with E-state index < -0.39 is 0 Å². The summed E-state index contributed by atoms with van der Waals surface area (Å²) in [7, 11) is 1.52. The van der Waals surface area contributed by atoms with Gasteiger partial charge in [-0.1, -0.05) is 24.3 Å². The molecule has 0 saturated heterocycles. The molecule has 0 radical (unpaired) electrons. The van der Waals surface area contributed by atoms with E-state index in [1.54, 1.807) is 54.6 Å². The fraction of sp³-hybridized carbons (Fsp3) is 0.0526. The lowest BCUT2D eigenvalue weighted by atomic mass is 10.2. The summed E-state index contributed by atoms with van der Waals surface area (Å²) < 4.78 is 5.21. The Hall–Kier alpha value is -3.12. The topological polar surface area (TPSA) is 67.4 Å². The highest BCUT2D eigenvalue weighted by atomic mass is 32.1. The summed E-state index contributed by atoms with van der Waals surface area (Å²) >= 11 is 1.37. The van der Waals surface area contributed by atoms with Gasteiger partial charge in [0.1, 0.15) is 5.75 Å². The van der Waals surface area contributed by atoms with Crippen LogP contribution in [-0.4, -0.2) is 18.9 Å². The molecule has 0 aliphatic carbocycles. The van der Waals surface area contributed by atoms with Gasteiger partial charge in [-0.25, -0.2) is 0 Å². The van der Waals surface area contributed by atoms with E-state index in [0.717, 1.165) is 0 Å². The maximum atomic E-state index is 12.4. The molecule has 0 unspecified atom stereocenters. The molecular weight excluding hydrogens is 336 g/mol. The molecule has 0 saturated carbocycles. The lowest BCUT2D eigenvalue weighted by molar-refractivity contribution is 0.101. The number of anilines is 2. The highest BCUT2D eigenvalue weighted by molar-refractivity contribution is 7.12. The normalized spacial score (nSPS) is 10.1. The molecule has 3 rings (SSSR count). The SMILES string of the molecule is COc1ccccc1C(=O)Nc1cccc(NC(=O)c2cccs2)c1. The number of carbonyl (C=O) groups excluding carboxylic acids is 2. The van der Waals surface area contributed by atoms with Crippen molar-refractivity contribution < 1.29 is 14.3 Å². The molecule has 0 bridgehead atoms. The summed E-state index contributed by atoms with van der Waals surface area (Å²) in [6.07, 6.45) is 0. The zero-order chi connectivity index (χ0) is 17.6. The number of amides is 2. The lowest BCUT2D eigenvalue weighted by Crippen LogP contribution is -2.14. The Morgan fingerprint density at radius 2 is 1.60 bits per heavy atom. The minimum absolute atomic E-state index is 0.178. The number of benzene rings is 2. The van der Waals surface area contributed by atoms with E-state index >= 15 is 0 Å². The predicted octanol–water partition coefficient (Wildman–Crippen LogP) is 4.26. The first-order valence-corrected chi connectivity index (χ1v) is 8.44. The van der Waals surface area contributed by atoms with Crippen LogP contribution < -0.4 is 15.4 Å². The Labute approximate surface area is 149 Å². The number of thiophene rings is 1. The van der Waals surface area contributed by atoms with E-state index in [4.69, 9.17) is 4.74 Å². The summed E-state index contributed by atoms with van der Waals surface area (Å²) in [5.74, 6) is 0.0459. The second-order valence-electron chi connectivity index (χ2n) is 5.17. The van der Waals surface area contributed by atoms with E-state index in [-0.39, 0.29) is 11.8 Å².